The van der Waals surface area contributed by atoms with Gasteiger partial charge in [-0.1, -0.05) is 15.9 Å². The maximum absolute atomic E-state index is 5.86. The van der Waals surface area contributed by atoms with Crippen molar-refractivity contribution in [1.29, 1.82) is 0 Å². The second kappa shape index (κ2) is 4.57. The fourth-order valence-electron chi connectivity index (χ4n) is 1.42. The summed E-state index contributed by atoms with van der Waals surface area (Å²) in [6, 6.07) is 5.74. The van der Waals surface area contributed by atoms with Gasteiger partial charge in [0.2, 0.25) is 0 Å². The van der Waals surface area contributed by atoms with Crippen LogP contribution >= 0.6 is 15.9 Å². The molecule has 0 unspecified atom stereocenters. The number of nitrogens with zero attached hydrogens (tertiary/aromatic N) is 2. The molecule has 0 bridgehead atoms. The summed E-state index contributed by atoms with van der Waals surface area (Å²) in [7, 11) is 1.97. The second-order valence-corrected chi connectivity index (χ2v) is 4.46. The lowest BCUT2D eigenvalue weighted by Gasteiger charge is -2.09. The van der Waals surface area contributed by atoms with Gasteiger partial charge in [0.1, 0.15) is 5.82 Å². The number of benzene rings is 1. The number of aromatic nitrogens is 2. The Labute approximate surface area is 103 Å². The van der Waals surface area contributed by atoms with Gasteiger partial charge in [-0.25, -0.2) is 4.98 Å². The lowest BCUT2D eigenvalue weighted by Crippen LogP contribution is -2.07. The molecule has 3 N–H and O–H groups in total. The summed E-state index contributed by atoms with van der Waals surface area (Å²) in [6.07, 6.45) is 3.70. The molecule has 0 aliphatic carbocycles. The van der Waals surface area contributed by atoms with E-state index in [9.17, 15) is 0 Å². The summed E-state index contributed by atoms with van der Waals surface area (Å²) in [5.74, 6) is 0.972. The third-order valence-electron chi connectivity index (χ3n) is 2.37. The molecule has 0 aliphatic rings. The average Bonchev–Trinajstić information content (AvgIpc) is 2.66. The quantitative estimate of drug-likeness (QED) is 0.849. The van der Waals surface area contributed by atoms with Crippen LogP contribution in [0.2, 0.25) is 0 Å². The average molecular weight is 281 g/mol. The SMILES string of the molecule is Cn1ccnc1CNc1cc(Br)ccc1N. The minimum atomic E-state index is 0.657. The normalized spacial score (nSPS) is 10.4. The number of anilines is 2. The number of hydrogen-bond acceptors (Lipinski definition) is 3. The lowest BCUT2D eigenvalue weighted by molar-refractivity contribution is 0.813. The molecule has 1 aromatic heterocycles. The number of imidazole rings is 1. The molecule has 0 aliphatic heterocycles. The summed E-state index contributed by atoms with van der Waals surface area (Å²) in [5, 5.41) is 3.26. The summed E-state index contributed by atoms with van der Waals surface area (Å²) < 4.78 is 2.98. The van der Waals surface area contributed by atoms with Gasteiger partial charge in [0.25, 0.3) is 0 Å². The Kier molecular flexibility index (Phi) is 3.14. The molecular formula is C11H13BrN4. The Morgan fingerprint density at radius 1 is 1.50 bits per heavy atom. The van der Waals surface area contributed by atoms with Gasteiger partial charge in [-0.05, 0) is 18.2 Å². The van der Waals surface area contributed by atoms with Crippen molar-refractivity contribution < 1.29 is 0 Å². The van der Waals surface area contributed by atoms with Gasteiger partial charge in [-0.15, -0.1) is 0 Å². The van der Waals surface area contributed by atoms with E-state index in [1.165, 1.54) is 0 Å². The molecule has 0 fully saturated rings. The highest BCUT2D eigenvalue weighted by atomic mass is 79.9. The molecule has 2 aromatic rings. The van der Waals surface area contributed by atoms with E-state index in [1.54, 1.807) is 6.20 Å². The minimum absolute atomic E-state index is 0.657. The smallest absolute Gasteiger partial charge is 0.127 e. The van der Waals surface area contributed by atoms with E-state index in [2.05, 4.69) is 26.2 Å². The summed E-state index contributed by atoms with van der Waals surface area (Å²) >= 11 is 3.41. The number of nitrogens with one attached hydrogen (secondary N) is 1. The van der Waals surface area contributed by atoms with Crippen molar-refractivity contribution >= 4 is 27.3 Å². The van der Waals surface area contributed by atoms with E-state index in [1.807, 2.05) is 36.0 Å². The highest BCUT2D eigenvalue weighted by Crippen LogP contribution is 2.23. The monoisotopic (exact) mass is 280 g/mol. The molecule has 5 heteroatoms. The molecule has 4 nitrogen and oxygen atoms in total. The first-order chi connectivity index (χ1) is 7.66. The fourth-order valence-corrected chi connectivity index (χ4v) is 1.78. The van der Waals surface area contributed by atoms with Crippen molar-refractivity contribution in [3.8, 4) is 0 Å². The van der Waals surface area contributed by atoms with Crippen LogP contribution in [0.15, 0.2) is 35.1 Å². The molecule has 0 amide bonds. The molecule has 0 saturated carbocycles. The molecular weight excluding hydrogens is 268 g/mol. The first kappa shape index (κ1) is 11.0. The van der Waals surface area contributed by atoms with Crippen LogP contribution in [0.25, 0.3) is 0 Å². The molecule has 0 atom stereocenters. The van der Waals surface area contributed by atoms with Crippen LogP contribution in [0.5, 0.6) is 0 Å². The van der Waals surface area contributed by atoms with Gasteiger partial charge in [0.15, 0.2) is 0 Å². The lowest BCUT2D eigenvalue weighted by atomic mass is 10.2. The molecule has 1 heterocycles. The zero-order valence-corrected chi connectivity index (χ0v) is 10.5. The largest absolute Gasteiger partial charge is 0.397 e. The minimum Gasteiger partial charge on any atom is -0.397 e. The maximum Gasteiger partial charge on any atom is 0.127 e. The number of rotatable bonds is 3. The predicted molar refractivity (Wildman–Crippen MR) is 69.1 cm³/mol. The van der Waals surface area contributed by atoms with Crippen molar-refractivity contribution in [2.24, 2.45) is 7.05 Å². The molecule has 2 rings (SSSR count). The van der Waals surface area contributed by atoms with E-state index >= 15 is 0 Å². The predicted octanol–water partition coefficient (Wildman–Crippen LogP) is 2.38. The third-order valence-corrected chi connectivity index (χ3v) is 2.87. The summed E-state index contributed by atoms with van der Waals surface area (Å²) in [5.41, 5.74) is 7.50. The van der Waals surface area contributed by atoms with Crippen molar-refractivity contribution in [1.82, 2.24) is 9.55 Å². The Morgan fingerprint density at radius 2 is 2.31 bits per heavy atom. The van der Waals surface area contributed by atoms with Crippen molar-refractivity contribution in [2.45, 2.75) is 6.54 Å². The highest BCUT2D eigenvalue weighted by molar-refractivity contribution is 9.10. The number of nitrogens with two attached hydrogens (primary N) is 1. The second-order valence-electron chi connectivity index (χ2n) is 3.54. The van der Waals surface area contributed by atoms with Crippen LogP contribution in [0.3, 0.4) is 0 Å². The Balaban J connectivity index is 2.10. The number of halogens is 1. The molecule has 1 aromatic carbocycles. The standard InChI is InChI=1S/C11H13BrN4/c1-16-5-4-14-11(16)7-15-10-6-8(12)2-3-9(10)13/h2-6,15H,7,13H2,1H3. The van der Waals surface area contributed by atoms with Crippen LogP contribution in [0, 0.1) is 0 Å². The first-order valence-corrected chi connectivity index (χ1v) is 5.71. The fraction of sp³-hybridized carbons (Fsp3) is 0.182. The Morgan fingerprint density at radius 3 is 3.00 bits per heavy atom. The van der Waals surface area contributed by atoms with Crippen molar-refractivity contribution in [3.05, 3.63) is 40.9 Å². The van der Waals surface area contributed by atoms with E-state index in [4.69, 9.17) is 5.73 Å². The van der Waals surface area contributed by atoms with E-state index in [0.717, 1.165) is 21.7 Å². The zero-order valence-electron chi connectivity index (χ0n) is 8.94. The Hall–Kier alpha value is -1.49. The van der Waals surface area contributed by atoms with Gasteiger partial charge in [-0.3, -0.25) is 0 Å². The van der Waals surface area contributed by atoms with E-state index in [0.29, 0.717) is 6.54 Å². The van der Waals surface area contributed by atoms with Gasteiger partial charge in [-0.2, -0.15) is 0 Å². The van der Waals surface area contributed by atoms with Crippen LogP contribution in [-0.4, -0.2) is 9.55 Å². The zero-order chi connectivity index (χ0) is 11.5. The molecule has 0 radical (unpaired) electrons. The van der Waals surface area contributed by atoms with Crippen LogP contribution in [0.1, 0.15) is 5.82 Å². The Bertz CT molecular complexity index is 492. The molecule has 84 valence electrons. The molecule has 16 heavy (non-hydrogen) atoms. The number of hydrogen-bond donors (Lipinski definition) is 2. The van der Waals surface area contributed by atoms with Crippen LogP contribution in [0.4, 0.5) is 11.4 Å². The topological polar surface area (TPSA) is 55.9 Å². The summed E-state index contributed by atoms with van der Waals surface area (Å²) in [6.45, 7) is 0.657. The van der Waals surface area contributed by atoms with Crippen LogP contribution in [-0.2, 0) is 13.6 Å². The van der Waals surface area contributed by atoms with Gasteiger partial charge in [0.05, 0.1) is 17.9 Å². The van der Waals surface area contributed by atoms with Crippen molar-refractivity contribution in [3.63, 3.8) is 0 Å². The first-order valence-electron chi connectivity index (χ1n) is 4.92. The van der Waals surface area contributed by atoms with Gasteiger partial charge < -0.3 is 15.6 Å². The van der Waals surface area contributed by atoms with E-state index in [-0.39, 0.29) is 0 Å². The van der Waals surface area contributed by atoms with E-state index < -0.39 is 0 Å². The van der Waals surface area contributed by atoms with Crippen molar-refractivity contribution in [2.75, 3.05) is 11.1 Å². The number of nitrogen functional groups attached to an aromatic ring is 1. The number of aryl methyl sites for hydroxylation is 1. The van der Waals surface area contributed by atoms with Gasteiger partial charge >= 0.3 is 0 Å². The summed E-state index contributed by atoms with van der Waals surface area (Å²) in [4.78, 5) is 4.23. The maximum atomic E-state index is 5.86. The molecule has 0 spiro atoms. The van der Waals surface area contributed by atoms with Crippen LogP contribution < -0.4 is 11.1 Å². The third kappa shape index (κ3) is 2.36. The molecule has 0 saturated heterocycles. The van der Waals surface area contributed by atoms with Gasteiger partial charge in [0, 0.05) is 23.9 Å². The highest BCUT2D eigenvalue weighted by Gasteiger charge is 2.02.